The molecule has 7 nitrogen and oxygen atoms in total. The molecule has 0 unspecified atom stereocenters. The van der Waals surface area contributed by atoms with Crippen LogP contribution in [0, 0.1) is 0 Å². The number of nitrogens with one attached hydrogen (secondary N) is 1. The van der Waals surface area contributed by atoms with Crippen LogP contribution in [0.1, 0.15) is 34.6 Å². The molecule has 0 saturated heterocycles. The third-order valence-electron chi connectivity index (χ3n) is 4.28. The van der Waals surface area contributed by atoms with Crippen molar-refractivity contribution in [3.8, 4) is 5.75 Å². The lowest BCUT2D eigenvalue weighted by molar-refractivity contribution is 0.0489. The number of hydrogen-bond donors (Lipinski definition) is 1. The minimum Gasteiger partial charge on any atom is -0.491 e. The molecule has 1 heterocycles. The minimum absolute atomic E-state index is 0.370. The molecule has 0 aromatic heterocycles. The van der Waals surface area contributed by atoms with Crippen LogP contribution >= 0.6 is 0 Å². The van der Waals surface area contributed by atoms with Gasteiger partial charge in [-0.25, -0.2) is 10.4 Å². The van der Waals surface area contributed by atoms with E-state index in [0.29, 0.717) is 61.8 Å². The van der Waals surface area contributed by atoms with Crippen molar-refractivity contribution in [2.45, 2.75) is 13.8 Å². The molecule has 0 radical (unpaired) electrons. The molecule has 0 bridgehead atoms. The van der Waals surface area contributed by atoms with Gasteiger partial charge in [-0.2, -0.15) is 0 Å². The highest BCUT2D eigenvalue weighted by Crippen LogP contribution is 2.35. The SMILES string of the molecule is CCOCCNN1C(=O)c2cccc3c(OCCOCC)ccc(c23)C1=O. The van der Waals surface area contributed by atoms with Gasteiger partial charge in [0.05, 0.1) is 24.3 Å². The number of ether oxygens (including phenoxy) is 3. The summed E-state index contributed by atoms with van der Waals surface area (Å²) in [6.45, 7) is 6.69. The number of carbonyl (C=O) groups excluding carboxylic acids is 2. The van der Waals surface area contributed by atoms with E-state index in [2.05, 4.69) is 5.43 Å². The van der Waals surface area contributed by atoms with Crippen molar-refractivity contribution >= 4 is 22.6 Å². The fourth-order valence-corrected chi connectivity index (χ4v) is 3.07. The van der Waals surface area contributed by atoms with Crippen molar-refractivity contribution in [1.29, 1.82) is 0 Å². The van der Waals surface area contributed by atoms with Crippen LogP contribution in [0.5, 0.6) is 5.75 Å². The zero-order valence-corrected chi connectivity index (χ0v) is 15.6. The Balaban J connectivity index is 1.88. The van der Waals surface area contributed by atoms with Crippen LogP contribution in [0.4, 0.5) is 0 Å². The van der Waals surface area contributed by atoms with Gasteiger partial charge in [0.25, 0.3) is 11.8 Å². The molecule has 0 fully saturated rings. The maximum absolute atomic E-state index is 12.8. The van der Waals surface area contributed by atoms with Gasteiger partial charge >= 0.3 is 0 Å². The second-order valence-corrected chi connectivity index (χ2v) is 5.94. The first-order chi connectivity index (χ1) is 13.2. The van der Waals surface area contributed by atoms with E-state index in [0.717, 1.165) is 10.4 Å². The van der Waals surface area contributed by atoms with E-state index in [9.17, 15) is 9.59 Å². The Morgan fingerprint density at radius 3 is 2.33 bits per heavy atom. The van der Waals surface area contributed by atoms with Crippen molar-refractivity contribution in [2.75, 3.05) is 39.6 Å². The maximum atomic E-state index is 12.8. The van der Waals surface area contributed by atoms with Crippen LogP contribution in [0.2, 0.25) is 0 Å². The predicted molar refractivity (Wildman–Crippen MR) is 101 cm³/mol. The van der Waals surface area contributed by atoms with Crippen molar-refractivity contribution in [3.05, 3.63) is 41.5 Å². The molecular weight excluding hydrogens is 348 g/mol. The van der Waals surface area contributed by atoms with Gasteiger partial charge in [0.1, 0.15) is 12.4 Å². The fourth-order valence-electron chi connectivity index (χ4n) is 3.07. The molecule has 0 spiro atoms. The molecule has 0 saturated carbocycles. The van der Waals surface area contributed by atoms with E-state index in [1.807, 2.05) is 19.9 Å². The van der Waals surface area contributed by atoms with E-state index >= 15 is 0 Å². The van der Waals surface area contributed by atoms with Crippen LogP contribution in [0.25, 0.3) is 10.8 Å². The fraction of sp³-hybridized carbons (Fsp3) is 0.400. The minimum atomic E-state index is -0.374. The van der Waals surface area contributed by atoms with Gasteiger partial charge in [0, 0.05) is 30.5 Å². The molecule has 2 amide bonds. The normalized spacial score (nSPS) is 13.5. The van der Waals surface area contributed by atoms with E-state index in [1.54, 1.807) is 24.3 Å². The number of hydrogen-bond acceptors (Lipinski definition) is 6. The standard InChI is InChI=1S/C20H24N2O5/c1-3-25-11-10-21-22-19(23)15-7-5-6-14-17(27-13-12-26-4-2)9-8-16(18(14)15)20(22)24/h5-9,21H,3-4,10-13H2,1-2H3. The van der Waals surface area contributed by atoms with E-state index in [1.165, 1.54) is 0 Å². The first kappa shape index (κ1) is 19.3. The lowest BCUT2D eigenvalue weighted by atomic mass is 9.94. The summed E-state index contributed by atoms with van der Waals surface area (Å²) >= 11 is 0. The Kier molecular flexibility index (Phi) is 6.39. The summed E-state index contributed by atoms with van der Waals surface area (Å²) in [6, 6.07) is 8.84. The summed E-state index contributed by atoms with van der Waals surface area (Å²) in [4.78, 5) is 25.7. The zero-order chi connectivity index (χ0) is 19.2. The molecule has 0 atom stereocenters. The smallest absolute Gasteiger partial charge is 0.275 e. The molecule has 0 aliphatic carbocycles. The van der Waals surface area contributed by atoms with Gasteiger partial charge in [-0.1, -0.05) is 12.1 Å². The number of benzene rings is 2. The lowest BCUT2D eigenvalue weighted by Crippen LogP contribution is -2.50. The zero-order valence-electron chi connectivity index (χ0n) is 15.6. The second kappa shape index (κ2) is 8.94. The highest BCUT2D eigenvalue weighted by molar-refractivity contribution is 6.25. The summed E-state index contributed by atoms with van der Waals surface area (Å²) in [6.07, 6.45) is 0. The van der Waals surface area contributed by atoms with Gasteiger partial charge in [-0.3, -0.25) is 9.59 Å². The third kappa shape index (κ3) is 3.95. The Morgan fingerprint density at radius 1 is 0.889 bits per heavy atom. The molecular formula is C20H24N2O5. The number of amides is 2. The van der Waals surface area contributed by atoms with Crippen molar-refractivity contribution in [2.24, 2.45) is 0 Å². The number of nitrogens with zero attached hydrogens (tertiary/aromatic N) is 1. The quantitative estimate of drug-likeness (QED) is 0.510. The molecule has 2 aromatic carbocycles. The van der Waals surface area contributed by atoms with Gasteiger partial charge in [-0.05, 0) is 32.0 Å². The summed E-state index contributed by atoms with van der Waals surface area (Å²) in [5.74, 6) is -0.115. The van der Waals surface area contributed by atoms with E-state index in [-0.39, 0.29) is 11.8 Å². The lowest BCUT2D eigenvalue weighted by Gasteiger charge is -2.28. The molecule has 144 valence electrons. The first-order valence-electron chi connectivity index (χ1n) is 9.15. The average molecular weight is 372 g/mol. The maximum Gasteiger partial charge on any atom is 0.275 e. The van der Waals surface area contributed by atoms with Crippen molar-refractivity contribution in [3.63, 3.8) is 0 Å². The van der Waals surface area contributed by atoms with Gasteiger partial charge in [-0.15, -0.1) is 0 Å². The number of imide groups is 1. The summed E-state index contributed by atoms with van der Waals surface area (Å²) in [7, 11) is 0. The molecule has 2 aromatic rings. The van der Waals surface area contributed by atoms with Gasteiger partial charge in [0.2, 0.25) is 0 Å². The molecule has 7 heteroatoms. The van der Waals surface area contributed by atoms with Crippen molar-refractivity contribution < 1.29 is 23.8 Å². The molecule has 27 heavy (non-hydrogen) atoms. The summed E-state index contributed by atoms with van der Waals surface area (Å²) < 4.78 is 16.3. The Bertz CT molecular complexity index is 814. The highest BCUT2D eigenvalue weighted by atomic mass is 16.5. The average Bonchev–Trinajstić information content (AvgIpc) is 2.69. The summed E-state index contributed by atoms with van der Waals surface area (Å²) in [5.41, 5.74) is 3.81. The molecule has 1 N–H and O–H groups in total. The van der Waals surface area contributed by atoms with Crippen LogP contribution in [0.15, 0.2) is 30.3 Å². The predicted octanol–water partition coefficient (Wildman–Crippen LogP) is 2.39. The largest absolute Gasteiger partial charge is 0.491 e. The van der Waals surface area contributed by atoms with Crippen LogP contribution in [0.3, 0.4) is 0 Å². The number of carbonyl (C=O) groups is 2. The molecule has 3 rings (SSSR count). The molecule has 1 aliphatic rings. The Hall–Kier alpha value is -2.48. The topological polar surface area (TPSA) is 77.1 Å². The highest BCUT2D eigenvalue weighted by Gasteiger charge is 2.33. The van der Waals surface area contributed by atoms with Gasteiger partial charge in [0.15, 0.2) is 0 Å². The monoisotopic (exact) mass is 372 g/mol. The van der Waals surface area contributed by atoms with Crippen LogP contribution < -0.4 is 10.2 Å². The number of rotatable bonds is 10. The van der Waals surface area contributed by atoms with Crippen LogP contribution in [-0.2, 0) is 9.47 Å². The number of hydrazine groups is 1. The second-order valence-electron chi connectivity index (χ2n) is 5.94. The first-order valence-corrected chi connectivity index (χ1v) is 9.15. The van der Waals surface area contributed by atoms with Gasteiger partial charge < -0.3 is 14.2 Å². The van der Waals surface area contributed by atoms with Crippen molar-refractivity contribution in [1.82, 2.24) is 10.4 Å². The Morgan fingerprint density at radius 2 is 1.59 bits per heavy atom. The van der Waals surface area contributed by atoms with E-state index in [4.69, 9.17) is 14.2 Å². The third-order valence-corrected chi connectivity index (χ3v) is 4.28. The molecule has 1 aliphatic heterocycles. The Labute approximate surface area is 158 Å². The van der Waals surface area contributed by atoms with Crippen LogP contribution in [-0.4, -0.2) is 56.4 Å². The summed E-state index contributed by atoms with van der Waals surface area (Å²) in [5, 5.41) is 2.44. The van der Waals surface area contributed by atoms with E-state index < -0.39 is 0 Å².